The van der Waals surface area contributed by atoms with E-state index in [4.69, 9.17) is 4.98 Å². The minimum Gasteiger partial charge on any atom is -0.348 e. The predicted molar refractivity (Wildman–Crippen MR) is 88.6 cm³/mol. The molecule has 0 saturated heterocycles. The number of hydrogen-bond acceptors (Lipinski definition) is 4. The Labute approximate surface area is 135 Å². The van der Waals surface area contributed by atoms with E-state index in [1.807, 2.05) is 12.4 Å². The monoisotopic (exact) mass is 305 g/mol. The number of fused-ring (bicyclic) bond motifs is 1. The van der Waals surface area contributed by atoms with Crippen LogP contribution < -0.4 is 0 Å². The molecule has 0 aliphatic carbocycles. The highest BCUT2D eigenvalue weighted by Crippen LogP contribution is 2.22. The summed E-state index contributed by atoms with van der Waals surface area (Å²) in [5.74, 6) is 1.81. The van der Waals surface area contributed by atoms with Gasteiger partial charge in [0.1, 0.15) is 5.82 Å². The van der Waals surface area contributed by atoms with Gasteiger partial charge in [-0.15, -0.1) is 0 Å². The molecule has 1 N–H and O–H groups in total. The van der Waals surface area contributed by atoms with Crippen LogP contribution in [0.3, 0.4) is 0 Å². The molecule has 1 aromatic carbocycles. The lowest BCUT2D eigenvalue weighted by atomic mass is 10.1. The summed E-state index contributed by atoms with van der Waals surface area (Å²) in [5.41, 5.74) is 4.71. The van der Waals surface area contributed by atoms with Crippen LogP contribution in [0.25, 0.3) is 11.4 Å². The van der Waals surface area contributed by atoms with Gasteiger partial charge in [-0.05, 0) is 18.9 Å². The summed E-state index contributed by atoms with van der Waals surface area (Å²) in [7, 11) is 0. The van der Waals surface area contributed by atoms with Crippen molar-refractivity contribution >= 4 is 0 Å². The van der Waals surface area contributed by atoms with Gasteiger partial charge in [0.15, 0.2) is 5.82 Å². The largest absolute Gasteiger partial charge is 0.348 e. The minimum absolute atomic E-state index is 0.809. The van der Waals surface area contributed by atoms with Gasteiger partial charge in [0.2, 0.25) is 0 Å². The Bertz CT molecular complexity index is 793. The number of nitrogens with zero attached hydrogens (tertiary/aromatic N) is 4. The molecule has 0 bridgehead atoms. The quantitative estimate of drug-likeness (QED) is 0.808. The zero-order valence-corrected chi connectivity index (χ0v) is 13.2. The first kappa shape index (κ1) is 14.1. The second kappa shape index (κ2) is 5.93. The van der Waals surface area contributed by atoms with Crippen molar-refractivity contribution in [3.63, 3.8) is 0 Å². The molecule has 1 aliphatic rings. The Kier molecular flexibility index (Phi) is 3.63. The fourth-order valence-electron chi connectivity index (χ4n) is 2.93. The average Bonchev–Trinajstić information content (AvgIpc) is 3.08. The highest BCUT2D eigenvalue weighted by Gasteiger charge is 2.19. The van der Waals surface area contributed by atoms with Gasteiger partial charge < -0.3 is 4.98 Å². The van der Waals surface area contributed by atoms with Crippen molar-refractivity contribution < 1.29 is 0 Å². The molecule has 1 aliphatic heterocycles. The van der Waals surface area contributed by atoms with Crippen molar-refractivity contribution in [2.24, 2.45) is 0 Å². The Morgan fingerprint density at radius 1 is 1.17 bits per heavy atom. The first-order valence-electron chi connectivity index (χ1n) is 7.90. The Morgan fingerprint density at radius 3 is 2.83 bits per heavy atom. The number of aromatic nitrogens is 4. The molecule has 23 heavy (non-hydrogen) atoms. The summed E-state index contributed by atoms with van der Waals surface area (Å²) in [4.78, 5) is 19.2. The maximum atomic E-state index is 4.81. The lowest BCUT2D eigenvalue weighted by molar-refractivity contribution is 0.236. The highest BCUT2D eigenvalue weighted by atomic mass is 15.2. The van der Waals surface area contributed by atoms with Crippen LogP contribution in [0.15, 0.2) is 42.9 Å². The van der Waals surface area contributed by atoms with E-state index in [0.29, 0.717) is 0 Å². The number of hydrogen-bond donors (Lipinski definition) is 1. The SMILES string of the molecule is Cc1ccc(-c2ncc3c(n2)CN(Cc2ncc[nH]2)CC3)cc1. The van der Waals surface area contributed by atoms with Gasteiger partial charge in [-0.1, -0.05) is 29.8 Å². The molecule has 3 heterocycles. The van der Waals surface area contributed by atoms with Crippen molar-refractivity contribution in [3.05, 3.63) is 65.5 Å². The van der Waals surface area contributed by atoms with Crippen LogP contribution in [0.4, 0.5) is 0 Å². The molecular weight excluding hydrogens is 286 g/mol. The molecule has 0 amide bonds. The fourth-order valence-corrected chi connectivity index (χ4v) is 2.93. The lowest BCUT2D eigenvalue weighted by Gasteiger charge is -2.27. The topological polar surface area (TPSA) is 57.7 Å². The number of aromatic amines is 1. The molecular formula is C18H19N5. The van der Waals surface area contributed by atoms with Crippen LogP contribution in [0.2, 0.25) is 0 Å². The Balaban J connectivity index is 1.57. The predicted octanol–water partition coefficient (Wildman–Crippen LogP) is 2.73. The highest BCUT2D eigenvalue weighted by molar-refractivity contribution is 5.55. The first-order valence-corrected chi connectivity index (χ1v) is 7.90. The van der Waals surface area contributed by atoms with Crippen molar-refractivity contribution in [2.75, 3.05) is 6.54 Å². The maximum Gasteiger partial charge on any atom is 0.159 e. The molecule has 4 rings (SSSR count). The van der Waals surface area contributed by atoms with Crippen LogP contribution in [-0.2, 0) is 19.5 Å². The van der Waals surface area contributed by atoms with Crippen LogP contribution >= 0.6 is 0 Å². The van der Waals surface area contributed by atoms with E-state index < -0.39 is 0 Å². The van der Waals surface area contributed by atoms with E-state index in [9.17, 15) is 0 Å². The van der Waals surface area contributed by atoms with E-state index in [1.165, 1.54) is 11.1 Å². The normalized spacial score (nSPS) is 14.7. The van der Waals surface area contributed by atoms with Crippen LogP contribution in [0.1, 0.15) is 22.6 Å². The summed E-state index contributed by atoms with van der Waals surface area (Å²) < 4.78 is 0. The third-order valence-electron chi connectivity index (χ3n) is 4.26. The summed E-state index contributed by atoms with van der Waals surface area (Å²) >= 11 is 0. The van der Waals surface area contributed by atoms with Crippen molar-refractivity contribution in [1.29, 1.82) is 0 Å². The van der Waals surface area contributed by atoms with Crippen molar-refractivity contribution in [3.8, 4) is 11.4 Å². The van der Waals surface area contributed by atoms with Crippen LogP contribution in [-0.4, -0.2) is 31.4 Å². The number of benzene rings is 1. The first-order chi connectivity index (χ1) is 11.3. The van der Waals surface area contributed by atoms with E-state index in [2.05, 4.69) is 51.0 Å². The zero-order chi connectivity index (χ0) is 15.6. The fraction of sp³-hybridized carbons (Fsp3) is 0.278. The van der Waals surface area contributed by atoms with Gasteiger partial charge >= 0.3 is 0 Å². The molecule has 5 heteroatoms. The van der Waals surface area contributed by atoms with Crippen molar-refractivity contribution in [1.82, 2.24) is 24.8 Å². The van der Waals surface area contributed by atoms with E-state index in [0.717, 1.165) is 49.0 Å². The summed E-state index contributed by atoms with van der Waals surface area (Å²) in [6, 6.07) is 8.36. The summed E-state index contributed by atoms with van der Waals surface area (Å²) in [6.45, 7) is 4.78. The van der Waals surface area contributed by atoms with Crippen LogP contribution in [0, 0.1) is 6.92 Å². The molecule has 0 fully saturated rings. The molecule has 116 valence electrons. The molecule has 0 spiro atoms. The number of rotatable bonds is 3. The van der Waals surface area contributed by atoms with Crippen LogP contribution in [0.5, 0.6) is 0 Å². The third-order valence-corrected chi connectivity index (χ3v) is 4.26. The number of nitrogens with one attached hydrogen (secondary N) is 1. The van der Waals surface area contributed by atoms with Gasteiger partial charge in [0.25, 0.3) is 0 Å². The number of aryl methyl sites for hydroxylation is 1. The van der Waals surface area contributed by atoms with Gasteiger partial charge in [-0.2, -0.15) is 0 Å². The maximum absolute atomic E-state index is 4.81. The van der Waals surface area contributed by atoms with Gasteiger partial charge in [0.05, 0.1) is 12.2 Å². The van der Waals surface area contributed by atoms with Gasteiger partial charge in [0, 0.05) is 37.2 Å². The summed E-state index contributed by atoms with van der Waals surface area (Å²) in [6.07, 6.45) is 6.64. The molecule has 0 saturated carbocycles. The average molecular weight is 305 g/mol. The molecule has 0 radical (unpaired) electrons. The van der Waals surface area contributed by atoms with E-state index >= 15 is 0 Å². The lowest BCUT2D eigenvalue weighted by Crippen LogP contribution is -2.31. The van der Waals surface area contributed by atoms with E-state index in [-0.39, 0.29) is 0 Å². The zero-order valence-electron chi connectivity index (χ0n) is 13.2. The second-order valence-corrected chi connectivity index (χ2v) is 6.03. The second-order valence-electron chi connectivity index (χ2n) is 6.03. The molecule has 3 aromatic rings. The third kappa shape index (κ3) is 3.00. The minimum atomic E-state index is 0.809. The molecule has 0 atom stereocenters. The number of H-pyrrole nitrogens is 1. The van der Waals surface area contributed by atoms with E-state index in [1.54, 1.807) is 6.20 Å². The van der Waals surface area contributed by atoms with Gasteiger partial charge in [-0.25, -0.2) is 15.0 Å². The number of imidazole rings is 1. The van der Waals surface area contributed by atoms with Gasteiger partial charge in [-0.3, -0.25) is 4.90 Å². The molecule has 5 nitrogen and oxygen atoms in total. The Morgan fingerprint density at radius 2 is 2.04 bits per heavy atom. The molecule has 0 unspecified atom stereocenters. The molecule has 2 aromatic heterocycles. The standard InChI is InChI=1S/C18H19N5/c1-13-2-4-14(5-3-13)18-21-10-15-6-9-23(11-16(15)22-18)12-17-19-7-8-20-17/h2-5,7-8,10H,6,9,11-12H2,1H3,(H,19,20). The van der Waals surface area contributed by atoms with Crippen molar-refractivity contribution in [2.45, 2.75) is 26.4 Å². The smallest absolute Gasteiger partial charge is 0.159 e. The summed E-state index contributed by atoms with van der Waals surface area (Å²) in [5, 5.41) is 0. The Hall–Kier alpha value is -2.53.